The lowest BCUT2D eigenvalue weighted by Gasteiger charge is -2.33. The summed E-state index contributed by atoms with van der Waals surface area (Å²) in [5.41, 5.74) is 0.561. The molecular formula is C15H20N2O4. The number of alkyl carbamates (subject to hydrolysis) is 1. The van der Waals surface area contributed by atoms with E-state index >= 15 is 0 Å². The Kier molecular flexibility index (Phi) is 5.71. The number of ether oxygens (including phenoxy) is 2. The second-order valence-electron chi connectivity index (χ2n) is 4.65. The van der Waals surface area contributed by atoms with Gasteiger partial charge in [0.1, 0.15) is 6.17 Å². The minimum absolute atomic E-state index is 0.148. The van der Waals surface area contributed by atoms with E-state index < -0.39 is 12.3 Å². The molecule has 1 aliphatic heterocycles. The summed E-state index contributed by atoms with van der Waals surface area (Å²) >= 11 is 0. The van der Waals surface area contributed by atoms with Crippen molar-refractivity contribution in [1.82, 2.24) is 10.2 Å². The fourth-order valence-corrected chi connectivity index (χ4v) is 2.20. The average Bonchev–Trinajstić information content (AvgIpc) is 2.54. The first-order valence-corrected chi connectivity index (χ1v) is 7.06. The number of nitrogens with one attached hydrogen (secondary N) is 1. The molecule has 0 spiro atoms. The van der Waals surface area contributed by atoms with E-state index in [1.165, 1.54) is 0 Å². The fourth-order valence-electron chi connectivity index (χ4n) is 2.20. The number of Topliss-reactive ketones (excluding diaryl/α,β-unsaturated/α-hetero) is 1. The maximum Gasteiger partial charge on any atom is 0.408 e. The van der Waals surface area contributed by atoms with Gasteiger partial charge in [0.2, 0.25) is 0 Å². The monoisotopic (exact) mass is 292 g/mol. The second kappa shape index (κ2) is 7.75. The van der Waals surface area contributed by atoms with E-state index in [1.54, 1.807) is 31.2 Å². The fraction of sp³-hybridized carbons (Fsp3) is 0.467. The smallest absolute Gasteiger partial charge is 0.408 e. The van der Waals surface area contributed by atoms with Gasteiger partial charge in [0.15, 0.2) is 5.78 Å². The van der Waals surface area contributed by atoms with Crippen molar-refractivity contribution in [1.29, 1.82) is 0 Å². The highest BCUT2D eigenvalue weighted by Gasteiger charge is 2.30. The van der Waals surface area contributed by atoms with Crippen LogP contribution in [-0.2, 0) is 9.47 Å². The van der Waals surface area contributed by atoms with E-state index in [0.717, 1.165) is 0 Å². The number of carbonyl (C=O) groups is 2. The Hall–Kier alpha value is -1.92. The second-order valence-corrected chi connectivity index (χ2v) is 4.65. The van der Waals surface area contributed by atoms with E-state index in [4.69, 9.17) is 9.47 Å². The Balaban J connectivity index is 2.14. The van der Waals surface area contributed by atoms with Gasteiger partial charge in [0, 0.05) is 18.7 Å². The lowest BCUT2D eigenvalue weighted by Crippen LogP contribution is -2.56. The number of benzene rings is 1. The van der Waals surface area contributed by atoms with Crippen LogP contribution in [0, 0.1) is 0 Å². The molecule has 114 valence electrons. The molecule has 1 heterocycles. The molecule has 0 radical (unpaired) electrons. The molecule has 1 aromatic carbocycles. The topological polar surface area (TPSA) is 67.9 Å². The molecule has 0 bridgehead atoms. The van der Waals surface area contributed by atoms with Crippen molar-refractivity contribution < 1.29 is 19.1 Å². The van der Waals surface area contributed by atoms with Crippen LogP contribution in [0.25, 0.3) is 0 Å². The van der Waals surface area contributed by atoms with Crippen LogP contribution in [0.1, 0.15) is 17.3 Å². The number of nitrogens with zero attached hydrogens (tertiary/aromatic N) is 1. The lowest BCUT2D eigenvalue weighted by atomic mass is 10.1. The van der Waals surface area contributed by atoms with Crippen LogP contribution in [0.15, 0.2) is 30.3 Å². The van der Waals surface area contributed by atoms with Gasteiger partial charge in [0.25, 0.3) is 0 Å². The summed E-state index contributed by atoms with van der Waals surface area (Å²) in [5, 5.41) is 2.65. The van der Waals surface area contributed by atoms with Crippen molar-refractivity contribution in [2.24, 2.45) is 0 Å². The highest BCUT2D eigenvalue weighted by atomic mass is 16.5. The first-order valence-electron chi connectivity index (χ1n) is 7.06. The molecular weight excluding hydrogens is 272 g/mol. The molecule has 6 nitrogen and oxygen atoms in total. The molecule has 1 aliphatic rings. The van der Waals surface area contributed by atoms with Gasteiger partial charge in [-0.2, -0.15) is 0 Å². The molecule has 1 amide bonds. The minimum atomic E-state index is -0.727. The van der Waals surface area contributed by atoms with E-state index in [2.05, 4.69) is 5.32 Å². The molecule has 0 aromatic heterocycles. The predicted octanol–water partition coefficient (Wildman–Crippen LogP) is 1.27. The van der Waals surface area contributed by atoms with Crippen LogP contribution in [0.3, 0.4) is 0 Å². The third kappa shape index (κ3) is 4.27. The Morgan fingerprint density at radius 2 is 1.95 bits per heavy atom. The molecule has 1 N–H and O–H groups in total. The number of carbonyl (C=O) groups excluding carboxylic acids is 2. The summed E-state index contributed by atoms with van der Waals surface area (Å²) in [6.07, 6.45) is -1.31. The zero-order valence-corrected chi connectivity index (χ0v) is 12.1. The van der Waals surface area contributed by atoms with Crippen molar-refractivity contribution in [2.75, 3.05) is 32.9 Å². The predicted molar refractivity (Wildman–Crippen MR) is 77.1 cm³/mol. The van der Waals surface area contributed by atoms with Crippen molar-refractivity contribution >= 4 is 11.9 Å². The Morgan fingerprint density at radius 3 is 2.57 bits per heavy atom. The zero-order valence-electron chi connectivity index (χ0n) is 12.1. The van der Waals surface area contributed by atoms with Crippen LogP contribution in [0.2, 0.25) is 0 Å². The van der Waals surface area contributed by atoms with Crippen molar-refractivity contribution in [2.45, 2.75) is 13.1 Å². The Labute approximate surface area is 124 Å². The summed E-state index contributed by atoms with van der Waals surface area (Å²) in [6.45, 7) is 4.26. The van der Waals surface area contributed by atoms with Gasteiger partial charge in [-0.1, -0.05) is 30.3 Å². The van der Waals surface area contributed by atoms with Crippen LogP contribution in [0.5, 0.6) is 0 Å². The summed E-state index contributed by atoms with van der Waals surface area (Å²) in [6, 6.07) is 8.92. The van der Waals surface area contributed by atoms with Crippen LogP contribution in [0.4, 0.5) is 4.79 Å². The van der Waals surface area contributed by atoms with Gasteiger partial charge in [-0.25, -0.2) is 4.79 Å². The molecule has 1 atom stereocenters. The van der Waals surface area contributed by atoms with Gasteiger partial charge >= 0.3 is 6.09 Å². The third-order valence-electron chi connectivity index (χ3n) is 3.25. The summed E-state index contributed by atoms with van der Waals surface area (Å²) in [7, 11) is 0. The van der Waals surface area contributed by atoms with Crippen molar-refractivity contribution in [3.05, 3.63) is 35.9 Å². The van der Waals surface area contributed by atoms with Gasteiger partial charge in [0.05, 0.1) is 19.8 Å². The summed E-state index contributed by atoms with van der Waals surface area (Å²) < 4.78 is 10.2. The number of hydrogen-bond acceptors (Lipinski definition) is 5. The van der Waals surface area contributed by atoms with Crippen molar-refractivity contribution in [3.63, 3.8) is 0 Å². The molecule has 6 heteroatoms. The van der Waals surface area contributed by atoms with E-state index in [-0.39, 0.29) is 12.4 Å². The highest BCUT2D eigenvalue weighted by molar-refractivity contribution is 6.01. The quantitative estimate of drug-likeness (QED) is 0.828. The first-order chi connectivity index (χ1) is 10.2. The normalized spacial score (nSPS) is 17.0. The van der Waals surface area contributed by atoms with Gasteiger partial charge in [-0.05, 0) is 6.92 Å². The highest BCUT2D eigenvalue weighted by Crippen LogP contribution is 2.10. The molecule has 0 saturated carbocycles. The minimum Gasteiger partial charge on any atom is -0.450 e. The average molecular weight is 292 g/mol. The molecule has 1 fully saturated rings. The number of rotatable bonds is 5. The maximum absolute atomic E-state index is 12.6. The van der Waals surface area contributed by atoms with Crippen molar-refractivity contribution in [3.8, 4) is 0 Å². The van der Waals surface area contributed by atoms with Crippen LogP contribution >= 0.6 is 0 Å². The zero-order chi connectivity index (χ0) is 15.1. The van der Waals surface area contributed by atoms with E-state index in [9.17, 15) is 9.59 Å². The van der Waals surface area contributed by atoms with Crippen LogP contribution < -0.4 is 5.32 Å². The number of hydrogen-bond donors (Lipinski definition) is 1. The van der Waals surface area contributed by atoms with E-state index in [1.807, 2.05) is 11.0 Å². The Bertz CT molecular complexity index is 472. The van der Waals surface area contributed by atoms with E-state index in [0.29, 0.717) is 31.9 Å². The lowest BCUT2D eigenvalue weighted by molar-refractivity contribution is 0.0105. The molecule has 0 aliphatic carbocycles. The number of amides is 1. The molecule has 21 heavy (non-hydrogen) atoms. The molecule has 0 unspecified atom stereocenters. The van der Waals surface area contributed by atoms with Gasteiger partial charge in [-0.15, -0.1) is 0 Å². The van der Waals surface area contributed by atoms with Gasteiger partial charge in [-0.3, -0.25) is 15.0 Å². The van der Waals surface area contributed by atoms with Crippen LogP contribution in [-0.4, -0.2) is 55.9 Å². The summed E-state index contributed by atoms with van der Waals surface area (Å²) in [5.74, 6) is -0.148. The number of morpholine rings is 1. The third-order valence-corrected chi connectivity index (χ3v) is 3.25. The SMILES string of the molecule is CCOC(=O)N[C@H](C(=O)c1ccccc1)N1CCOCC1. The summed E-state index contributed by atoms with van der Waals surface area (Å²) in [4.78, 5) is 26.2. The molecule has 1 aromatic rings. The number of ketones is 1. The standard InChI is InChI=1S/C15H20N2O4/c1-2-21-15(19)16-14(17-8-10-20-11-9-17)13(18)12-6-4-3-5-7-12/h3-7,14H,2,8-11H2,1H3,(H,16,19)/t14-/m0/s1. The maximum atomic E-state index is 12.6. The van der Waals surface area contributed by atoms with Gasteiger partial charge < -0.3 is 9.47 Å². The first kappa shape index (κ1) is 15.5. The Morgan fingerprint density at radius 1 is 1.29 bits per heavy atom. The molecule has 2 rings (SSSR count). The largest absolute Gasteiger partial charge is 0.450 e. The molecule has 1 saturated heterocycles.